The Morgan fingerprint density at radius 2 is 1.77 bits per heavy atom. The lowest BCUT2D eigenvalue weighted by atomic mass is 10.1. The lowest BCUT2D eigenvalue weighted by molar-refractivity contribution is -0.137. The van der Waals surface area contributed by atoms with Gasteiger partial charge in [-0.1, -0.05) is 42.5 Å². The average Bonchev–Trinajstić information content (AvgIpc) is 3.22. The fourth-order valence-corrected chi connectivity index (χ4v) is 3.25. The Kier molecular flexibility index (Phi) is 6.91. The smallest absolute Gasteiger partial charge is 0.418 e. The molecule has 1 aromatic heterocycles. The number of nitrogens with one attached hydrogen (secondary N) is 2. The molecule has 1 atom stereocenters. The largest absolute Gasteiger partial charge is 0.448 e. The van der Waals surface area contributed by atoms with Crippen LogP contribution in [0, 0.1) is 0 Å². The molecule has 0 fully saturated rings. The number of esters is 1. The van der Waals surface area contributed by atoms with E-state index < -0.39 is 35.4 Å². The zero-order valence-corrected chi connectivity index (χ0v) is 17.1. The molecule has 2 aromatic carbocycles. The highest BCUT2D eigenvalue weighted by Gasteiger charge is 2.34. The van der Waals surface area contributed by atoms with Crippen LogP contribution < -0.4 is 10.6 Å². The van der Waals surface area contributed by atoms with Crippen molar-refractivity contribution < 1.29 is 27.5 Å². The van der Waals surface area contributed by atoms with E-state index in [1.807, 2.05) is 30.3 Å². The van der Waals surface area contributed by atoms with Crippen LogP contribution in [0.1, 0.15) is 28.5 Å². The lowest BCUT2D eigenvalue weighted by Gasteiger charge is -2.16. The molecule has 0 bridgehead atoms. The second kappa shape index (κ2) is 9.61. The quantitative estimate of drug-likeness (QED) is 0.499. The highest BCUT2D eigenvalue weighted by Crippen LogP contribution is 2.34. The standard InChI is InChI=1S/C21H18F3N3O3S/c1-13(18(28)26-16-10-6-5-9-15(16)21(22,23)24)30-19(29)17-12-31-20(27-17)25-11-14-7-3-2-4-8-14/h2-10,12-13H,11H2,1H3,(H,25,27)(H,26,28). The molecule has 0 aliphatic heterocycles. The molecule has 3 aromatic rings. The molecule has 10 heteroatoms. The number of carbonyl (C=O) groups excluding carboxylic acids is 2. The molecule has 0 saturated heterocycles. The predicted octanol–water partition coefficient (Wildman–Crippen LogP) is 4.96. The molecule has 2 N–H and O–H groups in total. The zero-order valence-electron chi connectivity index (χ0n) is 16.3. The maximum absolute atomic E-state index is 13.1. The van der Waals surface area contributed by atoms with Gasteiger partial charge in [-0.2, -0.15) is 13.2 Å². The Balaban J connectivity index is 1.57. The molecule has 31 heavy (non-hydrogen) atoms. The van der Waals surface area contributed by atoms with Gasteiger partial charge in [0, 0.05) is 11.9 Å². The summed E-state index contributed by atoms with van der Waals surface area (Å²) in [6, 6.07) is 14.1. The Bertz CT molecular complexity index is 1050. The monoisotopic (exact) mass is 449 g/mol. The molecule has 162 valence electrons. The maximum Gasteiger partial charge on any atom is 0.418 e. The number of alkyl halides is 3. The number of rotatable bonds is 7. The minimum atomic E-state index is -4.63. The van der Waals surface area contributed by atoms with E-state index in [9.17, 15) is 22.8 Å². The number of thiazole rings is 1. The number of aromatic nitrogens is 1. The molecular formula is C21H18F3N3O3S. The Morgan fingerprint density at radius 1 is 1.10 bits per heavy atom. The number of nitrogens with zero attached hydrogens (tertiary/aromatic N) is 1. The van der Waals surface area contributed by atoms with Crippen LogP contribution in [0.5, 0.6) is 0 Å². The van der Waals surface area contributed by atoms with Crippen LogP contribution in [0.3, 0.4) is 0 Å². The second-order valence-corrected chi connectivity index (χ2v) is 7.32. The minimum Gasteiger partial charge on any atom is -0.448 e. The zero-order chi connectivity index (χ0) is 22.4. The number of halogens is 3. The third-order valence-electron chi connectivity index (χ3n) is 4.14. The third-order valence-corrected chi connectivity index (χ3v) is 4.94. The number of anilines is 2. The molecular weight excluding hydrogens is 431 g/mol. The van der Waals surface area contributed by atoms with E-state index in [-0.39, 0.29) is 5.69 Å². The third kappa shape index (κ3) is 6.05. The van der Waals surface area contributed by atoms with Gasteiger partial charge < -0.3 is 15.4 Å². The summed E-state index contributed by atoms with van der Waals surface area (Å²) >= 11 is 1.19. The van der Waals surface area contributed by atoms with Gasteiger partial charge in [0.2, 0.25) is 0 Å². The van der Waals surface area contributed by atoms with Crippen LogP contribution >= 0.6 is 11.3 Å². The van der Waals surface area contributed by atoms with Crippen molar-refractivity contribution in [3.63, 3.8) is 0 Å². The van der Waals surface area contributed by atoms with Gasteiger partial charge in [-0.3, -0.25) is 4.79 Å². The minimum absolute atomic E-state index is 0.00379. The summed E-state index contributed by atoms with van der Waals surface area (Å²) in [7, 11) is 0. The van der Waals surface area contributed by atoms with Crippen LogP contribution in [-0.2, 0) is 22.3 Å². The number of ether oxygens (including phenoxy) is 1. The van der Waals surface area contributed by atoms with Gasteiger partial charge >= 0.3 is 12.1 Å². The first-order valence-corrected chi connectivity index (χ1v) is 10.0. The number of hydrogen-bond acceptors (Lipinski definition) is 6. The highest BCUT2D eigenvalue weighted by molar-refractivity contribution is 7.13. The first kappa shape index (κ1) is 22.3. The van der Waals surface area contributed by atoms with Gasteiger partial charge in [0.25, 0.3) is 5.91 Å². The van der Waals surface area contributed by atoms with Crippen molar-refractivity contribution in [2.75, 3.05) is 10.6 Å². The summed E-state index contributed by atoms with van der Waals surface area (Å²) < 4.78 is 44.2. The Morgan fingerprint density at radius 3 is 2.48 bits per heavy atom. The van der Waals surface area contributed by atoms with Crippen LogP contribution in [0.15, 0.2) is 60.0 Å². The van der Waals surface area contributed by atoms with Crippen LogP contribution in [-0.4, -0.2) is 23.0 Å². The van der Waals surface area contributed by atoms with Crippen molar-refractivity contribution in [2.24, 2.45) is 0 Å². The molecule has 1 unspecified atom stereocenters. The summed E-state index contributed by atoms with van der Waals surface area (Å²) in [5.74, 6) is -1.74. The highest BCUT2D eigenvalue weighted by atomic mass is 32.1. The number of amides is 1. The second-order valence-electron chi connectivity index (χ2n) is 6.46. The fraction of sp³-hybridized carbons (Fsp3) is 0.190. The van der Waals surface area contributed by atoms with Crippen molar-refractivity contribution in [3.05, 3.63) is 76.8 Å². The summed E-state index contributed by atoms with van der Waals surface area (Å²) in [5.41, 5.74) is -0.373. The van der Waals surface area contributed by atoms with E-state index in [4.69, 9.17) is 4.74 Å². The van der Waals surface area contributed by atoms with Crippen molar-refractivity contribution in [1.29, 1.82) is 0 Å². The van der Waals surface area contributed by atoms with Crippen molar-refractivity contribution >= 4 is 34.0 Å². The van der Waals surface area contributed by atoms with Gasteiger partial charge in [-0.15, -0.1) is 11.3 Å². The average molecular weight is 449 g/mol. The molecule has 6 nitrogen and oxygen atoms in total. The van der Waals surface area contributed by atoms with Crippen molar-refractivity contribution in [3.8, 4) is 0 Å². The first-order valence-electron chi connectivity index (χ1n) is 9.15. The van der Waals surface area contributed by atoms with E-state index in [0.717, 1.165) is 17.7 Å². The van der Waals surface area contributed by atoms with Crippen LogP contribution in [0.25, 0.3) is 0 Å². The van der Waals surface area contributed by atoms with Crippen molar-refractivity contribution in [1.82, 2.24) is 4.98 Å². The number of carbonyl (C=O) groups is 2. The van der Waals surface area contributed by atoms with Gasteiger partial charge in [0.1, 0.15) is 0 Å². The van der Waals surface area contributed by atoms with E-state index in [2.05, 4.69) is 15.6 Å². The molecule has 3 rings (SSSR count). The molecule has 0 aliphatic rings. The van der Waals surface area contributed by atoms with Gasteiger partial charge in [-0.25, -0.2) is 9.78 Å². The van der Waals surface area contributed by atoms with Gasteiger partial charge in [0.15, 0.2) is 16.9 Å². The normalized spacial score (nSPS) is 12.1. The van der Waals surface area contributed by atoms with Gasteiger partial charge in [0.05, 0.1) is 11.3 Å². The molecule has 1 amide bonds. The summed E-state index contributed by atoms with van der Waals surface area (Å²) in [6.45, 7) is 1.78. The maximum atomic E-state index is 13.1. The number of hydrogen-bond donors (Lipinski definition) is 2. The molecule has 1 heterocycles. The van der Waals surface area contributed by atoms with Crippen LogP contribution in [0.4, 0.5) is 24.0 Å². The Labute approximate surface area is 180 Å². The van der Waals surface area contributed by atoms with E-state index >= 15 is 0 Å². The Hall–Kier alpha value is -3.40. The predicted molar refractivity (Wildman–Crippen MR) is 111 cm³/mol. The topological polar surface area (TPSA) is 80.3 Å². The number of para-hydroxylation sites is 1. The van der Waals surface area contributed by atoms with Gasteiger partial charge in [-0.05, 0) is 24.6 Å². The van der Waals surface area contributed by atoms with E-state index in [0.29, 0.717) is 11.7 Å². The SMILES string of the molecule is CC(OC(=O)c1csc(NCc2ccccc2)n1)C(=O)Nc1ccccc1C(F)(F)F. The molecule has 0 aliphatic carbocycles. The van der Waals surface area contributed by atoms with Crippen molar-refractivity contribution in [2.45, 2.75) is 25.7 Å². The fourth-order valence-electron chi connectivity index (χ4n) is 2.57. The summed E-state index contributed by atoms with van der Waals surface area (Å²) in [4.78, 5) is 28.6. The molecule has 0 spiro atoms. The van der Waals surface area contributed by atoms with E-state index in [1.165, 1.54) is 35.8 Å². The molecule has 0 radical (unpaired) electrons. The molecule has 0 saturated carbocycles. The number of benzene rings is 2. The lowest BCUT2D eigenvalue weighted by Crippen LogP contribution is -2.30. The summed E-state index contributed by atoms with van der Waals surface area (Å²) in [6.07, 6.45) is -5.95. The van der Waals surface area contributed by atoms with Crippen LogP contribution in [0.2, 0.25) is 0 Å². The van der Waals surface area contributed by atoms with E-state index in [1.54, 1.807) is 0 Å². The first-order chi connectivity index (χ1) is 14.7. The summed E-state index contributed by atoms with van der Waals surface area (Å²) in [5, 5.41) is 7.19.